The van der Waals surface area contributed by atoms with Crippen molar-refractivity contribution in [2.75, 3.05) is 0 Å². The number of aryl methyl sites for hydroxylation is 2. The van der Waals surface area contributed by atoms with Crippen LogP contribution >= 0.6 is 0 Å². The molecule has 6 nitrogen and oxygen atoms in total. The van der Waals surface area contributed by atoms with E-state index in [1.54, 1.807) is 0 Å². The van der Waals surface area contributed by atoms with E-state index in [1.165, 1.54) is 0 Å². The lowest BCUT2D eigenvalue weighted by atomic mass is 9.81. The molecule has 2 aliphatic carbocycles. The van der Waals surface area contributed by atoms with E-state index in [2.05, 4.69) is 5.16 Å². The van der Waals surface area contributed by atoms with Crippen molar-refractivity contribution in [3.8, 4) is 0 Å². The molecule has 0 aliphatic heterocycles. The molecule has 3 aromatic rings. The van der Waals surface area contributed by atoms with Gasteiger partial charge in [0.25, 0.3) is 0 Å². The molecule has 6 heteroatoms. The highest BCUT2D eigenvalue weighted by Gasteiger charge is 2.33. The third kappa shape index (κ3) is 4.74. The molecule has 1 fully saturated rings. The van der Waals surface area contributed by atoms with Gasteiger partial charge in [-0.15, -0.1) is 0 Å². The van der Waals surface area contributed by atoms with Gasteiger partial charge in [0.05, 0.1) is 28.2 Å². The van der Waals surface area contributed by atoms with Crippen LogP contribution in [0, 0.1) is 6.92 Å². The fourth-order valence-electron chi connectivity index (χ4n) is 5.03. The number of para-hydroxylation sites is 1. The van der Waals surface area contributed by atoms with Crippen molar-refractivity contribution in [2.24, 2.45) is 4.99 Å². The Morgan fingerprint density at radius 3 is 2.60 bits per heavy atom. The number of rotatable bonds is 5. The fourth-order valence-corrected chi connectivity index (χ4v) is 5.03. The van der Waals surface area contributed by atoms with E-state index in [0.29, 0.717) is 66.8 Å². The summed E-state index contributed by atoms with van der Waals surface area (Å²) in [6.07, 6.45) is 3.29. The molecule has 1 N–H and O–H groups in total. The minimum atomic E-state index is -0.0926. The molecule has 1 atom stereocenters. The summed E-state index contributed by atoms with van der Waals surface area (Å²) >= 11 is 0. The quantitative estimate of drug-likeness (QED) is 0.357. The molecule has 2 aliphatic rings. The third-order valence-electron chi connectivity index (χ3n) is 6.89. The van der Waals surface area contributed by atoms with Crippen molar-refractivity contribution in [1.29, 1.82) is 0 Å². The molecule has 1 unspecified atom stereocenters. The second kappa shape index (κ2) is 9.82. The molecule has 178 valence electrons. The van der Waals surface area contributed by atoms with E-state index in [0.717, 1.165) is 16.8 Å². The van der Waals surface area contributed by atoms with Gasteiger partial charge in [0.1, 0.15) is 11.5 Å². The smallest absolute Gasteiger partial charge is 0.168 e. The van der Waals surface area contributed by atoms with E-state index >= 15 is 0 Å². The van der Waals surface area contributed by atoms with Gasteiger partial charge in [0, 0.05) is 32.1 Å². The zero-order valence-electron chi connectivity index (χ0n) is 19.8. The zero-order valence-corrected chi connectivity index (χ0v) is 19.8. The van der Waals surface area contributed by atoms with Gasteiger partial charge in [-0.3, -0.25) is 14.6 Å². The number of carbonyl (C=O) groups excluding carboxylic acids is 2. The van der Waals surface area contributed by atoms with Gasteiger partial charge < -0.3 is 9.63 Å². The second-order valence-corrected chi connectivity index (χ2v) is 9.31. The van der Waals surface area contributed by atoms with Gasteiger partial charge in [-0.1, -0.05) is 53.7 Å². The van der Waals surface area contributed by atoms with Crippen LogP contribution in [0.5, 0.6) is 0 Å². The molecule has 0 spiro atoms. The number of aliphatic hydroxyl groups excluding tert-OH is 1. The average molecular weight is 469 g/mol. The lowest BCUT2D eigenvalue weighted by Crippen LogP contribution is -2.21. The number of hydrogen-bond acceptors (Lipinski definition) is 6. The Hall–Kier alpha value is -3.80. The summed E-state index contributed by atoms with van der Waals surface area (Å²) in [6, 6.07) is 17.7. The first-order valence-corrected chi connectivity index (χ1v) is 12.2. The lowest BCUT2D eigenvalue weighted by molar-refractivity contribution is -0.115. The van der Waals surface area contributed by atoms with E-state index in [-0.39, 0.29) is 29.7 Å². The van der Waals surface area contributed by atoms with Crippen molar-refractivity contribution in [2.45, 2.75) is 57.8 Å². The van der Waals surface area contributed by atoms with Crippen molar-refractivity contribution in [1.82, 2.24) is 5.16 Å². The Bertz CT molecular complexity index is 1330. The second-order valence-electron chi connectivity index (χ2n) is 9.31. The Labute approximate surface area is 204 Å². The summed E-state index contributed by atoms with van der Waals surface area (Å²) in [6.45, 7) is 1.97. The number of benzene rings is 2. The van der Waals surface area contributed by atoms with Crippen LogP contribution in [0.1, 0.15) is 71.0 Å². The van der Waals surface area contributed by atoms with E-state index in [9.17, 15) is 14.7 Å². The van der Waals surface area contributed by atoms with Gasteiger partial charge in [-0.05, 0) is 42.9 Å². The van der Waals surface area contributed by atoms with Crippen molar-refractivity contribution < 1.29 is 19.2 Å². The Morgan fingerprint density at radius 1 is 1.03 bits per heavy atom. The number of allylic oxidation sites excluding steroid dienone is 2. The number of carbonyl (C=O) groups is 2. The molecule has 2 aromatic carbocycles. The molecular weight excluding hydrogens is 440 g/mol. The van der Waals surface area contributed by atoms with Gasteiger partial charge in [0.2, 0.25) is 0 Å². The van der Waals surface area contributed by atoms with Gasteiger partial charge in [-0.2, -0.15) is 0 Å². The first kappa shape index (κ1) is 23.0. The molecule has 0 saturated heterocycles. The first-order valence-electron chi connectivity index (χ1n) is 12.2. The van der Waals surface area contributed by atoms with Crippen LogP contribution in [0.15, 0.2) is 75.4 Å². The highest BCUT2D eigenvalue weighted by atomic mass is 16.5. The molecule has 0 bridgehead atoms. The van der Waals surface area contributed by atoms with E-state index in [1.807, 2.05) is 61.5 Å². The summed E-state index contributed by atoms with van der Waals surface area (Å²) in [5.74, 6) is 0.605. The minimum absolute atomic E-state index is 0.00389. The molecule has 1 aromatic heterocycles. The van der Waals surface area contributed by atoms with Gasteiger partial charge in [0.15, 0.2) is 11.6 Å². The summed E-state index contributed by atoms with van der Waals surface area (Å²) in [5, 5.41) is 15.1. The molecule has 5 rings (SSSR count). The Morgan fingerprint density at radius 2 is 1.80 bits per heavy atom. The third-order valence-corrected chi connectivity index (χ3v) is 6.89. The SMILES string of the molecule is Cc1ccccc1N=C1CCCC(=O)C1=C(O)CCc1noc2c1C(=O)CC(c1ccccc1)C2. The van der Waals surface area contributed by atoms with Crippen molar-refractivity contribution >= 4 is 23.0 Å². The fraction of sp³-hybridized carbons (Fsp3) is 0.310. The van der Waals surface area contributed by atoms with Crippen molar-refractivity contribution in [3.05, 3.63) is 94.1 Å². The molecule has 1 saturated carbocycles. The maximum absolute atomic E-state index is 13.0. The molecule has 0 radical (unpaired) electrons. The largest absolute Gasteiger partial charge is 0.511 e. The molecular formula is C29H28N2O4. The zero-order chi connectivity index (χ0) is 24.4. The Kier molecular flexibility index (Phi) is 6.45. The van der Waals surface area contributed by atoms with Crippen LogP contribution in [0.25, 0.3) is 0 Å². The molecule has 0 amide bonds. The monoisotopic (exact) mass is 468 g/mol. The summed E-state index contributed by atoms with van der Waals surface area (Å²) in [7, 11) is 0. The van der Waals surface area contributed by atoms with Gasteiger partial charge >= 0.3 is 0 Å². The maximum Gasteiger partial charge on any atom is 0.168 e. The van der Waals surface area contributed by atoms with Crippen LogP contribution in [0.3, 0.4) is 0 Å². The number of aromatic nitrogens is 1. The van der Waals surface area contributed by atoms with Crippen LogP contribution < -0.4 is 0 Å². The average Bonchev–Trinajstić information content (AvgIpc) is 3.28. The summed E-state index contributed by atoms with van der Waals surface area (Å²) in [4.78, 5) is 30.5. The van der Waals surface area contributed by atoms with Crippen molar-refractivity contribution in [3.63, 3.8) is 0 Å². The lowest BCUT2D eigenvalue weighted by Gasteiger charge is -2.20. The summed E-state index contributed by atoms with van der Waals surface area (Å²) < 4.78 is 5.56. The number of ketones is 2. The molecule has 1 heterocycles. The highest BCUT2D eigenvalue weighted by molar-refractivity contribution is 6.24. The topological polar surface area (TPSA) is 92.8 Å². The van der Waals surface area contributed by atoms with Crippen LogP contribution in [-0.2, 0) is 17.6 Å². The minimum Gasteiger partial charge on any atom is -0.511 e. The number of nitrogens with zero attached hydrogens (tertiary/aromatic N) is 2. The van der Waals surface area contributed by atoms with Crippen LogP contribution in [0.2, 0.25) is 0 Å². The number of fused-ring (bicyclic) bond motifs is 1. The number of aliphatic hydroxyl groups is 1. The van der Waals surface area contributed by atoms with Gasteiger partial charge in [-0.25, -0.2) is 0 Å². The van der Waals surface area contributed by atoms with Crippen LogP contribution in [-0.4, -0.2) is 27.5 Å². The number of Topliss-reactive ketones (excluding diaryl/α,β-unsaturated/α-hetero) is 2. The maximum atomic E-state index is 13.0. The Balaban J connectivity index is 1.37. The van der Waals surface area contributed by atoms with E-state index < -0.39 is 0 Å². The van der Waals surface area contributed by atoms with E-state index in [4.69, 9.17) is 9.52 Å². The normalized spacial score (nSPS) is 20.7. The predicted molar refractivity (Wildman–Crippen MR) is 133 cm³/mol. The number of hydrogen-bond donors (Lipinski definition) is 1. The molecule has 35 heavy (non-hydrogen) atoms. The first-order chi connectivity index (χ1) is 17.0. The predicted octanol–water partition coefficient (Wildman–Crippen LogP) is 6.17. The standard InChI is InChI=1S/C29H28N2O4/c1-18-8-5-6-11-21(18)30-22-12-7-13-24(32)28(22)25(33)15-14-23-29-26(34)16-20(17-27(29)35-31-23)19-9-3-2-4-10-19/h2-6,8-11,20,33H,7,12-17H2,1H3. The highest BCUT2D eigenvalue weighted by Crippen LogP contribution is 2.35. The number of aliphatic imine (C=N–C) groups is 1. The van der Waals surface area contributed by atoms with Crippen LogP contribution in [0.4, 0.5) is 5.69 Å². The summed E-state index contributed by atoms with van der Waals surface area (Å²) in [5.41, 5.74) is 4.94.